The van der Waals surface area contributed by atoms with Crippen LogP contribution in [-0.2, 0) is 14.6 Å². The van der Waals surface area contributed by atoms with E-state index in [-0.39, 0.29) is 27.0 Å². The molecule has 1 N–H and O–H groups in total. The molecular weight excluding hydrogens is 701 g/mol. The van der Waals surface area contributed by atoms with Crippen molar-refractivity contribution in [3.63, 3.8) is 0 Å². The minimum Gasteiger partial charge on any atom is -0.451 e. The molecule has 0 radical (unpaired) electrons. The van der Waals surface area contributed by atoms with Crippen LogP contribution >= 0.6 is 23.1 Å². The number of piperidine rings is 1. The molecule has 0 bridgehead atoms. The van der Waals surface area contributed by atoms with Crippen LogP contribution in [0.15, 0.2) is 105 Å². The molecule has 252 valence electrons. The number of hydrogen-bond donors (Lipinski definition) is 1. The maximum atomic E-state index is 13.2. The Morgan fingerprint density at radius 2 is 1.74 bits per heavy atom. The summed E-state index contributed by atoms with van der Waals surface area (Å²) in [6, 6.07) is 26.6. The van der Waals surface area contributed by atoms with Gasteiger partial charge in [-0.25, -0.2) is 23.4 Å². The van der Waals surface area contributed by atoms with Crippen molar-refractivity contribution >= 4 is 60.0 Å². The highest BCUT2D eigenvalue weighted by molar-refractivity contribution is 7.99. The maximum Gasteiger partial charge on any atom is 0.415 e. The van der Waals surface area contributed by atoms with E-state index in [1.807, 2.05) is 59.5 Å². The third kappa shape index (κ3) is 6.81. The summed E-state index contributed by atoms with van der Waals surface area (Å²) in [6.45, 7) is 0.756. The van der Waals surface area contributed by atoms with Gasteiger partial charge in [-0.3, -0.25) is 9.42 Å². The molecule has 4 heterocycles. The standard InChI is InChI=1S/C33H26N8O6S3/c34-19-24-28(21-9-3-1-4-10-21)37-32(48-20-27(42)36-33-35-25-13-7-8-14-26(25)49-33)38-29(24)40-17-15-22(16-18-40)46-30-31(41(43)47-39-30)50(44,45)23-11-5-2-6-12-23/h1-14,22H,15-18,20H2,(H,35,36,42). The monoisotopic (exact) mass is 726 g/mol. The number of para-hydroxylation sites is 1. The van der Waals surface area contributed by atoms with Crippen molar-refractivity contribution in [2.75, 3.05) is 29.1 Å². The number of thioether (sulfide) groups is 1. The van der Waals surface area contributed by atoms with Crippen LogP contribution in [0.4, 0.5) is 10.9 Å². The smallest absolute Gasteiger partial charge is 0.415 e. The number of hydrogen-bond acceptors (Lipinski definition) is 14. The lowest BCUT2D eigenvalue weighted by molar-refractivity contribution is -0.832. The van der Waals surface area contributed by atoms with E-state index in [0.717, 1.165) is 27.5 Å². The number of carbonyl (C=O) groups is 1. The van der Waals surface area contributed by atoms with Gasteiger partial charge in [0.25, 0.3) is 9.84 Å². The second-order valence-corrected chi connectivity index (χ2v) is 14.9. The van der Waals surface area contributed by atoms with Crippen LogP contribution in [0.25, 0.3) is 21.5 Å². The lowest BCUT2D eigenvalue weighted by atomic mass is 10.0. The van der Waals surface area contributed by atoms with E-state index in [1.165, 1.54) is 23.5 Å². The number of carbonyl (C=O) groups excluding carboxylic acids is 1. The van der Waals surface area contributed by atoms with Crippen molar-refractivity contribution in [1.29, 1.82) is 5.26 Å². The summed E-state index contributed by atoms with van der Waals surface area (Å²) in [7, 11) is -4.27. The molecule has 0 saturated carbocycles. The first-order valence-electron chi connectivity index (χ1n) is 15.3. The Morgan fingerprint density at radius 1 is 1.04 bits per heavy atom. The summed E-state index contributed by atoms with van der Waals surface area (Å²) < 4.78 is 37.9. The fraction of sp³-hybridized carbons (Fsp3) is 0.182. The number of thiazole rings is 1. The van der Waals surface area contributed by atoms with E-state index in [4.69, 9.17) is 14.7 Å². The molecule has 0 atom stereocenters. The van der Waals surface area contributed by atoms with Crippen LogP contribution in [0.5, 0.6) is 5.88 Å². The zero-order valence-corrected chi connectivity index (χ0v) is 28.5. The normalized spacial score (nSPS) is 13.6. The molecule has 0 aliphatic carbocycles. The van der Waals surface area contributed by atoms with Gasteiger partial charge in [0.05, 0.1) is 31.7 Å². The van der Waals surface area contributed by atoms with Crippen LogP contribution in [0.3, 0.4) is 0 Å². The first-order valence-corrected chi connectivity index (χ1v) is 18.6. The second-order valence-electron chi connectivity index (χ2n) is 11.0. The van der Waals surface area contributed by atoms with Crippen LogP contribution in [0.2, 0.25) is 0 Å². The Balaban J connectivity index is 1.09. The van der Waals surface area contributed by atoms with E-state index in [1.54, 1.807) is 18.2 Å². The average Bonchev–Trinajstić information content (AvgIpc) is 3.73. The maximum absolute atomic E-state index is 13.2. The molecule has 1 aliphatic heterocycles. The van der Waals surface area contributed by atoms with Gasteiger partial charge in [-0.2, -0.15) is 5.26 Å². The van der Waals surface area contributed by atoms with Gasteiger partial charge >= 0.3 is 10.9 Å². The zero-order chi connectivity index (χ0) is 34.7. The Bertz CT molecular complexity index is 2290. The second kappa shape index (κ2) is 14.1. The predicted octanol–water partition coefficient (Wildman–Crippen LogP) is 4.86. The van der Waals surface area contributed by atoms with Gasteiger partial charge in [-0.05, 0) is 29.2 Å². The third-order valence-corrected chi connectivity index (χ3v) is 11.3. The molecule has 0 spiro atoms. The van der Waals surface area contributed by atoms with Gasteiger partial charge in [-0.1, -0.05) is 83.8 Å². The molecule has 50 heavy (non-hydrogen) atoms. The van der Waals surface area contributed by atoms with Crippen molar-refractivity contribution in [2.24, 2.45) is 0 Å². The molecule has 17 heteroatoms. The molecule has 1 aliphatic rings. The topological polar surface area (TPSA) is 191 Å². The summed E-state index contributed by atoms with van der Waals surface area (Å²) in [5, 5.41) is 29.2. The van der Waals surface area contributed by atoms with Crippen molar-refractivity contribution in [3.8, 4) is 23.2 Å². The van der Waals surface area contributed by atoms with Gasteiger partial charge in [0.15, 0.2) is 16.1 Å². The van der Waals surface area contributed by atoms with Crippen molar-refractivity contribution < 1.29 is 27.5 Å². The number of nitrogens with zero attached hydrogens (tertiary/aromatic N) is 7. The highest BCUT2D eigenvalue weighted by Gasteiger charge is 2.38. The number of ether oxygens (including phenoxy) is 1. The number of amides is 1. The minimum atomic E-state index is -4.27. The summed E-state index contributed by atoms with van der Waals surface area (Å²) >= 11 is 2.53. The van der Waals surface area contributed by atoms with Gasteiger partial charge < -0.3 is 20.2 Å². The van der Waals surface area contributed by atoms with Crippen LogP contribution in [-0.4, -0.2) is 59.4 Å². The van der Waals surface area contributed by atoms with E-state index in [0.29, 0.717) is 47.7 Å². The third-order valence-electron chi connectivity index (χ3n) is 7.78. The van der Waals surface area contributed by atoms with E-state index in [9.17, 15) is 23.7 Å². The summed E-state index contributed by atoms with van der Waals surface area (Å²) in [6.07, 6.45) is 0.264. The molecule has 3 aromatic heterocycles. The molecular formula is C33H26N8O6S3. The van der Waals surface area contributed by atoms with E-state index in [2.05, 4.69) is 26.2 Å². The molecule has 3 aromatic carbocycles. The first-order chi connectivity index (χ1) is 24.3. The van der Waals surface area contributed by atoms with E-state index < -0.39 is 26.8 Å². The number of fused-ring (bicyclic) bond motifs is 1. The fourth-order valence-corrected chi connectivity index (χ4v) is 8.21. The molecule has 0 unspecified atom stereocenters. The Morgan fingerprint density at radius 3 is 2.46 bits per heavy atom. The Labute approximate surface area is 293 Å². The number of nitriles is 1. The number of aromatic nitrogens is 5. The largest absolute Gasteiger partial charge is 0.451 e. The van der Waals surface area contributed by atoms with Crippen LogP contribution in [0, 0.1) is 16.5 Å². The summed E-state index contributed by atoms with van der Waals surface area (Å²) in [5.41, 5.74) is 2.23. The highest BCUT2D eigenvalue weighted by Crippen LogP contribution is 2.34. The minimum absolute atomic E-state index is 0.0110. The molecule has 6 aromatic rings. The summed E-state index contributed by atoms with van der Waals surface area (Å²) in [4.78, 5) is 28.5. The van der Waals surface area contributed by atoms with E-state index >= 15 is 0 Å². The van der Waals surface area contributed by atoms with Crippen LogP contribution < -0.4 is 19.9 Å². The van der Waals surface area contributed by atoms with Gasteiger partial charge in [0.2, 0.25) is 5.91 Å². The number of rotatable bonds is 10. The number of sulfone groups is 1. The lowest BCUT2D eigenvalue weighted by Crippen LogP contribution is -2.39. The lowest BCUT2D eigenvalue weighted by Gasteiger charge is -2.32. The fourth-order valence-electron chi connectivity index (χ4n) is 5.41. The Kier molecular flexibility index (Phi) is 9.30. The molecule has 1 saturated heterocycles. The van der Waals surface area contributed by atoms with Crippen molar-refractivity contribution in [2.45, 2.75) is 34.0 Å². The number of benzene rings is 3. The van der Waals surface area contributed by atoms with Crippen molar-refractivity contribution in [3.05, 3.63) is 95.7 Å². The first kappa shape index (κ1) is 33.0. The molecule has 7 rings (SSSR count). The Hall–Kier alpha value is -5.57. The number of anilines is 2. The zero-order valence-electron chi connectivity index (χ0n) is 26.0. The predicted molar refractivity (Wildman–Crippen MR) is 184 cm³/mol. The molecule has 1 fully saturated rings. The molecule has 1 amide bonds. The van der Waals surface area contributed by atoms with Gasteiger partial charge in [0.1, 0.15) is 17.7 Å². The summed E-state index contributed by atoms with van der Waals surface area (Å²) in [5.74, 6) is -0.281. The quantitative estimate of drug-likeness (QED) is 0.115. The van der Waals surface area contributed by atoms with Gasteiger partial charge in [0, 0.05) is 31.5 Å². The van der Waals surface area contributed by atoms with Gasteiger partial charge in [-0.15, -0.1) is 0 Å². The molecule has 14 nitrogen and oxygen atoms in total. The SMILES string of the molecule is N#Cc1c(-c2ccccc2)nc(SCC(=O)Nc2nc3ccccc3s2)nc1N1CCC(Oc2no[n+]([O-])c2S(=O)(=O)c2ccccc2)CC1. The van der Waals surface area contributed by atoms with Crippen molar-refractivity contribution in [1.82, 2.24) is 20.1 Å². The average molecular weight is 727 g/mol. The highest BCUT2D eigenvalue weighted by atomic mass is 32.2. The van der Waals surface area contributed by atoms with Crippen LogP contribution in [0.1, 0.15) is 18.4 Å². The number of nitrogens with one attached hydrogen (secondary N) is 1.